The van der Waals surface area contributed by atoms with E-state index < -0.39 is 10.0 Å². The van der Waals surface area contributed by atoms with Gasteiger partial charge < -0.3 is 0 Å². The standard InChI is InChI=1S/C12H20N4O2S/c1-14-6-10(5-13-14)7-15-8-11-3-4-12(9-15)16(11)19(2,17)18/h5-6,11-12H,3-4,7-9H2,1-2H3/t11-,12+. The van der Waals surface area contributed by atoms with Crippen molar-refractivity contribution in [3.63, 3.8) is 0 Å². The molecule has 2 saturated heterocycles. The van der Waals surface area contributed by atoms with E-state index in [1.807, 2.05) is 19.4 Å². The monoisotopic (exact) mass is 284 g/mol. The van der Waals surface area contributed by atoms with Crippen molar-refractivity contribution in [3.05, 3.63) is 18.0 Å². The summed E-state index contributed by atoms with van der Waals surface area (Å²) in [5.41, 5.74) is 1.19. The van der Waals surface area contributed by atoms with E-state index in [1.54, 1.807) is 8.99 Å². The van der Waals surface area contributed by atoms with Gasteiger partial charge >= 0.3 is 0 Å². The molecule has 7 heteroatoms. The van der Waals surface area contributed by atoms with Crippen molar-refractivity contribution in [3.8, 4) is 0 Å². The summed E-state index contributed by atoms with van der Waals surface area (Å²) in [6, 6.07) is 0.316. The van der Waals surface area contributed by atoms with Crippen LogP contribution in [0.15, 0.2) is 12.4 Å². The van der Waals surface area contributed by atoms with Gasteiger partial charge in [0.1, 0.15) is 0 Å². The van der Waals surface area contributed by atoms with Gasteiger partial charge in [0.25, 0.3) is 0 Å². The van der Waals surface area contributed by atoms with Gasteiger partial charge in [-0.3, -0.25) is 9.58 Å². The zero-order valence-corrected chi connectivity index (χ0v) is 12.2. The fourth-order valence-corrected chi connectivity index (χ4v) is 4.86. The topological polar surface area (TPSA) is 58.4 Å². The Kier molecular flexibility index (Phi) is 3.15. The highest BCUT2D eigenvalue weighted by atomic mass is 32.2. The summed E-state index contributed by atoms with van der Waals surface area (Å²) < 4.78 is 27.2. The Hall–Kier alpha value is -0.920. The maximum absolute atomic E-state index is 11.8. The van der Waals surface area contributed by atoms with Crippen LogP contribution in [0.4, 0.5) is 0 Å². The summed E-state index contributed by atoms with van der Waals surface area (Å²) in [6.07, 6.45) is 7.20. The summed E-state index contributed by atoms with van der Waals surface area (Å²) >= 11 is 0. The van der Waals surface area contributed by atoms with Gasteiger partial charge in [-0.05, 0) is 12.8 Å². The Morgan fingerprint density at radius 1 is 1.32 bits per heavy atom. The average Bonchev–Trinajstić information content (AvgIpc) is 2.81. The lowest BCUT2D eigenvalue weighted by atomic mass is 10.2. The number of likely N-dealkylation sites (tertiary alicyclic amines) is 1. The van der Waals surface area contributed by atoms with Crippen LogP contribution in [0.1, 0.15) is 18.4 Å². The molecule has 19 heavy (non-hydrogen) atoms. The molecule has 0 N–H and O–H groups in total. The molecule has 0 aliphatic carbocycles. The molecule has 2 fully saturated rings. The summed E-state index contributed by atoms with van der Waals surface area (Å²) in [5, 5.41) is 4.17. The molecule has 0 saturated carbocycles. The molecule has 106 valence electrons. The van der Waals surface area contributed by atoms with Gasteiger partial charge in [0.15, 0.2) is 0 Å². The molecule has 0 radical (unpaired) electrons. The molecule has 3 rings (SSSR count). The lowest BCUT2D eigenvalue weighted by molar-refractivity contribution is 0.124. The number of piperazine rings is 1. The van der Waals surface area contributed by atoms with Crippen molar-refractivity contribution in [1.82, 2.24) is 19.0 Å². The first-order valence-corrected chi connectivity index (χ1v) is 8.47. The van der Waals surface area contributed by atoms with Gasteiger partial charge in [-0.25, -0.2) is 8.42 Å². The third-order valence-corrected chi connectivity index (χ3v) is 5.40. The molecule has 2 aliphatic heterocycles. The normalized spacial score (nSPS) is 28.9. The van der Waals surface area contributed by atoms with Crippen molar-refractivity contribution >= 4 is 10.0 Å². The zero-order chi connectivity index (χ0) is 13.6. The average molecular weight is 284 g/mol. The number of hydrogen-bond acceptors (Lipinski definition) is 4. The van der Waals surface area contributed by atoms with E-state index in [0.717, 1.165) is 32.5 Å². The first kappa shape index (κ1) is 13.1. The summed E-state index contributed by atoms with van der Waals surface area (Å²) in [6.45, 7) is 2.52. The van der Waals surface area contributed by atoms with Crippen LogP contribution >= 0.6 is 0 Å². The zero-order valence-electron chi connectivity index (χ0n) is 11.4. The van der Waals surface area contributed by atoms with Crippen molar-refractivity contribution < 1.29 is 8.42 Å². The van der Waals surface area contributed by atoms with Gasteiger partial charge in [-0.15, -0.1) is 0 Å². The minimum absolute atomic E-state index is 0.158. The van der Waals surface area contributed by atoms with Crippen LogP contribution in [0.5, 0.6) is 0 Å². The van der Waals surface area contributed by atoms with E-state index >= 15 is 0 Å². The first-order valence-electron chi connectivity index (χ1n) is 6.62. The molecular weight excluding hydrogens is 264 g/mol. The second-order valence-electron chi connectivity index (χ2n) is 5.69. The molecule has 2 bridgehead atoms. The summed E-state index contributed by atoms with van der Waals surface area (Å²) in [4.78, 5) is 2.35. The van der Waals surface area contributed by atoms with E-state index in [1.165, 1.54) is 11.8 Å². The quantitative estimate of drug-likeness (QED) is 0.786. The Morgan fingerprint density at radius 3 is 2.42 bits per heavy atom. The second-order valence-corrected chi connectivity index (χ2v) is 7.58. The Labute approximate surface area is 114 Å². The SMILES string of the molecule is Cn1cc(CN2C[C@H]3CC[C@@H](C2)N3S(C)(=O)=O)cn1. The smallest absolute Gasteiger partial charge is 0.211 e. The molecule has 0 spiro atoms. The lowest BCUT2D eigenvalue weighted by Crippen LogP contribution is -2.54. The van der Waals surface area contributed by atoms with Gasteiger partial charge in [0.2, 0.25) is 10.0 Å². The maximum atomic E-state index is 11.8. The number of aryl methyl sites for hydroxylation is 1. The van der Waals surface area contributed by atoms with E-state index in [0.29, 0.717) is 0 Å². The predicted molar refractivity (Wildman–Crippen MR) is 72.0 cm³/mol. The number of fused-ring (bicyclic) bond motifs is 2. The largest absolute Gasteiger partial charge is 0.296 e. The maximum Gasteiger partial charge on any atom is 0.211 e. The highest BCUT2D eigenvalue weighted by Gasteiger charge is 2.44. The van der Waals surface area contributed by atoms with Gasteiger partial charge in [0.05, 0.1) is 12.5 Å². The van der Waals surface area contributed by atoms with Crippen LogP contribution in [0, 0.1) is 0 Å². The second kappa shape index (κ2) is 4.57. The van der Waals surface area contributed by atoms with Crippen LogP contribution in [-0.2, 0) is 23.6 Å². The van der Waals surface area contributed by atoms with Crippen molar-refractivity contribution in [2.45, 2.75) is 31.5 Å². The lowest BCUT2D eigenvalue weighted by Gasteiger charge is -2.39. The molecule has 0 amide bonds. The van der Waals surface area contributed by atoms with Crippen molar-refractivity contribution in [1.29, 1.82) is 0 Å². The summed E-state index contributed by atoms with van der Waals surface area (Å²) in [5.74, 6) is 0. The number of sulfonamides is 1. The molecule has 2 aliphatic rings. The minimum Gasteiger partial charge on any atom is -0.296 e. The van der Waals surface area contributed by atoms with Crippen LogP contribution in [0.3, 0.4) is 0 Å². The van der Waals surface area contributed by atoms with E-state index in [2.05, 4.69) is 10.00 Å². The van der Waals surface area contributed by atoms with Gasteiger partial charge in [-0.2, -0.15) is 9.40 Å². The van der Waals surface area contributed by atoms with Crippen molar-refractivity contribution in [2.24, 2.45) is 7.05 Å². The molecule has 0 unspecified atom stereocenters. The molecule has 6 nitrogen and oxygen atoms in total. The third-order valence-electron chi connectivity index (χ3n) is 4.04. The van der Waals surface area contributed by atoms with Crippen LogP contribution < -0.4 is 0 Å². The van der Waals surface area contributed by atoms with Gasteiger partial charge in [0, 0.05) is 50.5 Å². The van der Waals surface area contributed by atoms with Gasteiger partial charge in [-0.1, -0.05) is 0 Å². The van der Waals surface area contributed by atoms with Crippen molar-refractivity contribution in [2.75, 3.05) is 19.3 Å². The van der Waals surface area contributed by atoms with Crippen LogP contribution in [0.2, 0.25) is 0 Å². The number of aromatic nitrogens is 2. The van der Waals surface area contributed by atoms with E-state index in [-0.39, 0.29) is 12.1 Å². The molecular formula is C12H20N4O2S. The predicted octanol–water partition coefficient (Wildman–Crippen LogP) is 0.0283. The van der Waals surface area contributed by atoms with Crippen LogP contribution in [-0.4, -0.2) is 58.8 Å². The van der Waals surface area contributed by atoms with E-state index in [9.17, 15) is 8.42 Å². The Morgan fingerprint density at radius 2 is 1.95 bits per heavy atom. The molecule has 2 atom stereocenters. The highest BCUT2D eigenvalue weighted by Crippen LogP contribution is 2.32. The number of hydrogen-bond donors (Lipinski definition) is 0. The first-order chi connectivity index (χ1) is 8.93. The molecule has 1 aromatic heterocycles. The molecule has 3 heterocycles. The Bertz CT molecular complexity index is 554. The Balaban J connectivity index is 1.71. The number of nitrogens with zero attached hydrogens (tertiary/aromatic N) is 4. The third kappa shape index (κ3) is 2.54. The fraction of sp³-hybridized carbons (Fsp3) is 0.750. The minimum atomic E-state index is -3.06. The van der Waals surface area contributed by atoms with Crippen LogP contribution in [0.25, 0.3) is 0 Å². The number of rotatable bonds is 3. The molecule has 1 aromatic rings. The fourth-order valence-electron chi connectivity index (χ4n) is 3.43. The highest BCUT2D eigenvalue weighted by molar-refractivity contribution is 7.88. The summed E-state index contributed by atoms with van der Waals surface area (Å²) in [7, 11) is -1.15. The molecule has 0 aromatic carbocycles. The van der Waals surface area contributed by atoms with E-state index in [4.69, 9.17) is 0 Å².